The van der Waals surface area contributed by atoms with Gasteiger partial charge < -0.3 is 0 Å². The van der Waals surface area contributed by atoms with Crippen LogP contribution in [0.1, 0.15) is 30.9 Å². The summed E-state index contributed by atoms with van der Waals surface area (Å²) in [5.74, 6) is -11.1. The topological polar surface area (TPSA) is 38.7 Å². The maximum Gasteiger partial charge on any atom is 0.339 e. The molecule has 244 valence electrons. The molecule has 0 saturated carbocycles. The largest absolute Gasteiger partial charge is 0.339 e. The van der Waals surface area contributed by atoms with Gasteiger partial charge in [0.25, 0.3) is 6.43 Å². The van der Waals surface area contributed by atoms with Crippen LogP contribution in [0.4, 0.5) is 35.1 Å². The first-order valence-corrected chi connectivity index (χ1v) is 15.2. The molecule has 6 rings (SSSR count). The van der Waals surface area contributed by atoms with E-state index in [0.29, 0.717) is 50.6 Å². The Morgan fingerprint density at radius 2 is 1.23 bits per heavy atom. The van der Waals surface area contributed by atoms with E-state index in [0.717, 1.165) is 29.9 Å². The van der Waals surface area contributed by atoms with Crippen molar-refractivity contribution in [2.45, 2.75) is 31.6 Å². The minimum absolute atomic E-state index is 0.0594. The average Bonchev–Trinajstić information content (AvgIpc) is 3.58. The van der Waals surface area contributed by atoms with Gasteiger partial charge in [-0.2, -0.15) is 26.3 Å². The molecule has 4 aromatic carbocycles. The number of pyridine rings is 1. The number of benzene rings is 4. The molecule has 0 unspecified atom stereocenters. The maximum absolute atomic E-state index is 15.0. The lowest BCUT2D eigenvalue weighted by Crippen LogP contribution is -2.39. The summed E-state index contributed by atoms with van der Waals surface area (Å²) < 4.78 is 122. The Bertz CT molecular complexity index is 2140. The van der Waals surface area contributed by atoms with Gasteiger partial charge in [0.1, 0.15) is 22.7 Å². The van der Waals surface area contributed by atoms with Crippen molar-refractivity contribution in [1.29, 1.82) is 0 Å². The summed E-state index contributed by atoms with van der Waals surface area (Å²) in [6.45, 7) is 4.33. The molecule has 12 heteroatoms. The second kappa shape index (κ2) is 12.6. The SMILES string of the molecule is C=C(CC)C(F)(F)C(F)(F)c1ccc(-c2ccc(-c3ncc(-c4ccc(-c5ccc(C(F)F)cc5F)cc4)c4nsnc34)cc2)c(F)c1. The molecule has 0 amide bonds. The van der Waals surface area contributed by atoms with Crippen molar-refractivity contribution in [2.24, 2.45) is 0 Å². The summed E-state index contributed by atoms with van der Waals surface area (Å²) in [6.07, 6.45) is -1.54. The van der Waals surface area contributed by atoms with Crippen LogP contribution in [0, 0.1) is 11.6 Å². The molecule has 0 radical (unpaired) electrons. The molecule has 6 aromatic rings. The lowest BCUT2D eigenvalue weighted by atomic mass is 9.93. The molecule has 2 aromatic heterocycles. The van der Waals surface area contributed by atoms with Gasteiger partial charge in [0, 0.05) is 39.6 Å². The number of nitrogens with zero attached hydrogens (tertiary/aromatic N) is 3. The molecule has 48 heavy (non-hydrogen) atoms. The molecular weight excluding hydrogens is 658 g/mol. The van der Waals surface area contributed by atoms with E-state index in [1.807, 2.05) is 0 Å². The Kier molecular flexibility index (Phi) is 8.63. The average molecular weight is 682 g/mol. The number of rotatable bonds is 9. The lowest BCUT2D eigenvalue weighted by Gasteiger charge is -2.28. The van der Waals surface area contributed by atoms with Crippen LogP contribution in [0.15, 0.2) is 103 Å². The van der Waals surface area contributed by atoms with Gasteiger partial charge in [-0.05, 0) is 40.8 Å². The maximum atomic E-state index is 15.0. The van der Waals surface area contributed by atoms with E-state index >= 15 is 4.39 Å². The normalized spacial score (nSPS) is 12.2. The third-order valence-corrected chi connectivity index (χ3v) is 8.64. The van der Waals surface area contributed by atoms with E-state index in [2.05, 4.69) is 20.3 Å². The van der Waals surface area contributed by atoms with Crippen LogP contribution < -0.4 is 0 Å². The molecule has 3 nitrogen and oxygen atoms in total. The fraction of sp³-hybridized carbons (Fsp3) is 0.139. The third kappa shape index (κ3) is 5.74. The molecule has 0 atom stereocenters. The van der Waals surface area contributed by atoms with Gasteiger partial charge in [0.15, 0.2) is 0 Å². The standard InChI is InChI=1S/C36H23F8N3S/c1-3-19(2)35(41,42)36(43,44)25-13-15-27(30(38)17-25)21-8-10-23(11-9-21)31-33-32(46-48-47-33)28(18-45-31)22-6-4-20(5-7-22)26-14-12-24(34(39)40)16-29(26)37/h4-18,34H,2-3H2,1H3. The molecule has 2 heterocycles. The summed E-state index contributed by atoms with van der Waals surface area (Å²) in [4.78, 5) is 4.59. The summed E-state index contributed by atoms with van der Waals surface area (Å²) in [6, 6.07) is 18.7. The molecule has 0 fully saturated rings. The van der Waals surface area contributed by atoms with Crippen LogP contribution in [0.3, 0.4) is 0 Å². The Hall–Kier alpha value is -4.97. The van der Waals surface area contributed by atoms with Crippen molar-refractivity contribution in [1.82, 2.24) is 13.7 Å². The minimum Gasteiger partial charge on any atom is -0.253 e. The molecule has 0 aliphatic rings. The van der Waals surface area contributed by atoms with E-state index in [1.165, 1.54) is 19.1 Å². The van der Waals surface area contributed by atoms with Gasteiger partial charge in [-0.3, -0.25) is 4.98 Å². The Morgan fingerprint density at radius 1 is 0.708 bits per heavy atom. The molecular formula is C36H23F8N3S. The van der Waals surface area contributed by atoms with Crippen LogP contribution in [0.5, 0.6) is 0 Å². The first-order valence-electron chi connectivity index (χ1n) is 14.5. The number of hydrogen-bond donors (Lipinski definition) is 0. The van der Waals surface area contributed by atoms with Crippen LogP contribution >= 0.6 is 11.7 Å². The molecule has 0 bridgehead atoms. The number of alkyl halides is 6. The second-order valence-electron chi connectivity index (χ2n) is 11.0. The predicted octanol–water partition coefficient (Wildman–Crippen LogP) is 11.7. The summed E-state index contributed by atoms with van der Waals surface area (Å²) in [5, 5.41) is 0. The summed E-state index contributed by atoms with van der Waals surface area (Å²) in [5.41, 5.74) is 1.86. The van der Waals surface area contributed by atoms with Crippen molar-refractivity contribution in [3.63, 3.8) is 0 Å². The number of halogens is 8. The highest BCUT2D eigenvalue weighted by atomic mass is 32.1. The second-order valence-corrected chi connectivity index (χ2v) is 11.5. The zero-order valence-corrected chi connectivity index (χ0v) is 25.7. The van der Waals surface area contributed by atoms with Crippen LogP contribution in [0.2, 0.25) is 0 Å². The molecule has 0 aliphatic heterocycles. The highest BCUT2D eigenvalue weighted by molar-refractivity contribution is 7.00. The zero-order chi connectivity index (χ0) is 34.4. The summed E-state index contributed by atoms with van der Waals surface area (Å²) in [7, 11) is 0. The van der Waals surface area contributed by atoms with E-state index in [4.69, 9.17) is 0 Å². The van der Waals surface area contributed by atoms with Crippen molar-refractivity contribution < 1.29 is 35.1 Å². The molecule has 0 saturated heterocycles. The fourth-order valence-corrected chi connectivity index (χ4v) is 5.86. The molecule has 0 aliphatic carbocycles. The van der Waals surface area contributed by atoms with Gasteiger partial charge in [0.2, 0.25) is 0 Å². The number of hydrogen-bond acceptors (Lipinski definition) is 4. The van der Waals surface area contributed by atoms with Crippen molar-refractivity contribution >= 4 is 22.8 Å². The highest BCUT2D eigenvalue weighted by Gasteiger charge is 2.58. The Balaban J connectivity index is 1.27. The number of aromatic nitrogens is 3. The fourth-order valence-electron chi connectivity index (χ4n) is 5.30. The van der Waals surface area contributed by atoms with Gasteiger partial charge in [-0.15, -0.1) is 0 Å². The highest BCUT2D eigenvalue weighted by Crippen LogP contribution is 2.48. The van der Waals surface area contributed by atoms with Gasteiger partial charge in [-0.1, -0.05) is 86.3 Å². The molecule has 0 spiro atoms. The smallest absolute Gasteiger partial charge is 0.253 e. The Morgan fingerprint density at radius 3 is 1.77 bits per heavy atom. The van der Waals surface area contributed by atoms with E-state index in [9.17, 15) is 30.7 Å². The summed E-state index contributed by atoms with van der Waals surface area (Å²) >= 11 is 0.966. The van der Waals surface area contributed by atoms with Crippen molar-refractivity contribution in [3.05, 3.63) is 126 Å². The van der Waals surface area contributed by atoms with Crippen molar-refractivity contribution in [2.75, 3.05) is 0 Å². The number of allylic oxidation sites excluding steroid dienone is 1. The van der Waals surface area contributed by atoms with Gasteiger partial charge >= 0.3 is 11.8 Å². The number of fused-ring (bicyclic) bond motifs is 1. The van der Waals surface area contributed by atoms with E-state index < -0.39 is 46.6 Å². The van der Waals surface area contributed by atoms with Gasteiger partial charge in [-0.25, -0.2) is 17.6 Å². The third-order valence-electron chi connectivity index (χ3n) is 8.11. The van der Waals surface area contributed by atoms with Crippen molar-refractivity contribution in [3.8, 4) is 44.6 Å². The van der Waals surface area contributed by atoms with Crippen LogP contribution in [-0.2, 0) is 5.92 Å². The first kappa shape index (κ1) is 33.0. The quantitative estimate of drug-likeness (QED) is 0.113. The molecule has 0 N–H and O–H groups in total. The predicted molar refractivity (Wildman–Crippen MR) is 170 cm³/mol. The van der Waals surface area contributed by atoms with E-state index in [-0.39, 0.29) is 17.5 Å². The van der Waals surface area contributed by atoms with Gasteiger partial charge in [0.05, 0.1) is 17.4 Å². The zero-order valence-electron chi connectivity index (χ0n) is 24.9. The van der Waals surface area contributed by atoms with Crippen LogP contribution in [0.25, 0.3) is 55.7 Å². The monoisotopic (exact) mass is 681 g/mol. The minimum atomic E-state index is -4.65. The Labute approximate surface area is 273 Å². The lowest BCUT2D eigenvalue weighted by molar-refractivity contribution is -0.194. The van der Waals surface area contributed by atoms with Crippen LogP contribution in [-0.4, -0.2) is 19.7 Å². The van der Waals surface area contributed by atoms with E-state index in [1.54, 1.807) is 54.7 Å². The first-order chi connectivity index (χ1) is 22.8.